The molecule has 0 saturated carbocycles. The van der Waals surface area contributed by atoms with Crippen LogP contribution >= 0.6 is 0 Å². The molecule has 29 heavy (non-hydrogen) atoms. The zero-order valence-corrected chi connectivity index (χ0v) is 17.0. The fourth-order valence-corrected chi connectivity index (χ4v) is 4.45. The van der Waals surface area contributed by atoms with Crippen molar-refractivity contribution in [2.45, 2.75) is 38.9 Å². The number of likely N-dealkylation sites (tertiary alicyclic amines) is 2. The average Bonchev–Trinajstić information content (AvgIpc) is 3.17. The van der Waals surface area contributed by atoms with Gasteiger partial charge in [0.25, 0.3) is 0 Å². The van der Waals surface area contributed by atoms with E-state index in [1.54, 1.807) is 18.7 Å². The minimum absolute atomic E-state index is 0.127. The van der Waals surface area contributed by atoms with E-state index in [1.165, 1.54) is 7.05 Å². The Kier molecular flexibility index (Phi) is 6.02. The molecule has 0 bridgehead atoms. The van der Waals surface area contributed by atoms with Gasteiger partial charge in [0.1, 0.15) is 12.1 Å². The lowest BCUT2D eigenvalue weighted by molar-refractivity contribution is -0.160. The summed E-state index contributed by atoms with van der Waals surface area (Å²) in [5, 5.41) is 0. The second-order valence-corrected chi connectivity index (χ2v) is 7.21. The Morgan fingerprint density at radius 1 is 0.931 bits per heavy atom. The fraction of sp³-hybridized carbons (Fsp3) is 0.524. The van der Waals surface area contributed by atoms with E-state index in [0.29, 0.717) is 0 Å². The van der Waals surface area contributed by atoms with Crippen LogP contribution in [0.1, 0.15) is 32.4 Å². The van der Waals surface area contributed by atoms with Crippen LogP contribution < -0.4 is 0 Å². The maximum absolute atomic E-state index is 12.9. The molecule has 2 aliphatic heterocycles. The van der Waals surface area contributed by atoms with Gasteiger partial charge in [0, 0.05) is 13.1 Å². The van der Waals surface area contributed by atoms with Crippen LogP contribution in [0.3, 0.4) is 0 Å². The second-order valence-electron chi connectivity index (χ2n) is 7.21. The van der Waals surface area contributed by atoms with Crippen molar-refractivity contribution in [3.8, 4) is 0 Å². The zero-order valence-electron chi connectivity index (χ0n) is 17.0. The summed E-state index contributed by atoms with van der Waals surface area (Å²) >= 11 is 0. The quantitative estimate of drug-likeness (QED) is 0.521. The Hall–Kier alpha value is -2.74. The Morgan fingerprint density at radius 3 is 1.79 bits per heavy atom. The maximum atomic E-state index is 12.9. The molecule has 2 aliphatic rings. The molecule has 0 aliphatic carbocycles. The van der Waals surface area contributed by atoms with Gasteiger partial charge in [-0.25, -0.2) is 0 Å². The number of amides is 2. The molecule has 2 fully saturated rings. The van der Waals surface area contributed by atoms with Gasteiger partial charge in [0.15, 0.2) is 0 Å². The van der Waals surface area contributed by atoms with Crippen LogP contribution in [-0.2, 0) is 28.7 Å². The smallest absolute Gasteiger partial charge is 0.324 e. The van der Waals surface area contributed by atoms with Crippen molar-refractivity contribution in [1.29, 1.82) is 0 Å². The van der Waals surface area contributed by atoms with Gasteiger partial charge in [-0.3, -0.25) is 29.0 Å². The standard InChI is InChI=1S/C21H26N2O6/c1-5-28-20(26)16-14-15(19(25)22(4)18(14)24)17(21(27)29-6-2)23(16)12(3)13-10-8-7-9-11-13/h7-12,14-17H,5-6H2,1-4H3/t12-,14-,15+,16+,17+/m1/s1. The first-order valence-corrected chi connectivity index (χ1v) is 9.82. The third kappa shape index (κ3) is 3.42. The molecule has 0 aromatic heterocycles. The third-order valence-corrected chi connectivity index (χ3v) is 5.73. The third-order valence-electron chi connectivity index (χ3n) is 5.73. The van der Waals surface area contributed by atoms with Gasteiger partial charge >= 0.3 is 11.9 Å². The molecule has 0 spiro atoms. The number of fused-ring (bicyclic) bond motifs is 1. The molecule has 0 N–H and O–H groups in total. The normalized spacial score (nSPS) is 27.7. The molecule has 1 aromatic carbocycles. The predicted molar refractivity (Wildman–Crippen MR) is 102 cm³/mol. The van der Waals surface area contributed by atoms with Crippen molar-refractivity contribution < 1.29 is 28.7 Å². The van der Waals surface area contributed by atoms with Gasteiger partial charge in [-0.1, -0.05) is 30.3 Å². The first kappa shape index (κ1) is 21.0. The number of carbonyl (C=O) groups is 4. The molecular weight excluding hydrogens is 376 g/mol. The number of carbonyl (C=O) groups excluding carboxylic acids is 4. The maximum Gasteiger partial charge on any atom is 0.324 e. The van der Waals surface area contributed by atoms with E-state index in [0.717, 1.165) is 10.5 Å². The van der Waals surface area contributed by atoms with Crippen molar-refractivity contribution in [3.05, 3.63) is 35.9 Å². The van der Waals surface area contributed by atoms with Gasteiger partial charge in [-0.15, -0.1) is 0 Å². The number of nitrogens with zero attached hydrogens (tertiary/aromatic N) is 2. The Morgan fingerprint density at radius 2 is 1.38 bits per heavy atom. The number of imide groups is 1. The highest BCUT2D eigenvalue weighted by atomic mass is 16.5. The molecule has 2 saturated heterocycles. The van der Waals surface area contributed by atoms with Crippen molar-refractivity contribution in [1.82, 2.24) is 9.80 Å². The largest absolute Gasteiger partial charge is 0.465 e. The van der Waals surface area contributed by atoms with Gasteiger partial charge in [0.05, 0.1) is 25.0 Å². The summed E-state index contributed by atoms with van der Waals surface area (Å²) in [7, 11) is 1.37. The van der Waals surface area contributed by atoms with E-state index in [9.17, 15) is 19.2 Å². The summed E-state index contributed by atoms with van der Waals surface area (Å²) < 4.78 is 10.5. The van der Waals surface area contributed by atoms with Gasteiger partial charge in [0.2, 0.25) is 11.8 Å². The number of hydrogen-bond acceptors (Lipinski definition) is 7. The molecule has 0 unspecified atom stereocenters. The molecule has 5 atom stereocenters. The van der Waals surface area contributed by atoms with Gasteiger partial charge in [-0.2, -0.15) is 0 Å². The molecule has 156 valence electrons. The summed E-state index contributed by atoms with van der Waals surface area (Å²) in [6.07, 6.45) is 0. The second kappa shape index (κ2) is 8.32. The number of benzene rings is 1. The number of esters is 2. The minimum atomic E-state index is -1.05. The number of hydrogen-bond donors (Lipinski definition) is 0. The van der Waals surface area contributed by atoms with Crippen LogP contribution in [0.15, 0.2) is 30.3 Å². The summed E-state index contributed by atoms with van der Waals surface area (Å²) in [6, 6.07) is 6.80. The molecule has 8 heteroatoms. The molecule has 3 rings (SSSR count). The lowest BCUT2D eigenvalue weighted by atomic mass is 9.89. The van der Waals surface area contributed by atoms with Crippen LogP contribution in [0.4, 0.5) is 0 Å². The van der Waals surface area contributed by atoms with E-state index in [-0.39, 0.29) is 13.2 Å². The Bertz CT molecular complexity index is 767. The van der Waals surface area contributed by atoms with Crippen LogP contribution in [0, 0.1) is 11.8 Å². The van der Waals surface area contributed by atoms with Crippen LogP contribution in [0.5, 0.6) is 0 Å². The molecule has 0 radical (unpaired) electrons. The monoisotopic (exact) mass is 402 g/mol. The molecule has 2 amide bonds. The van der Waals surface area contributed by atoms with Crippen molar-refractivity contribution in [2.24, 2.45) is 11.8 Å². The first-order chi connectivity index (χ1) is 13.8. The summed E-state index contributed by atoms with van der Waals surface area (Å²) in [6.45, 7) is 5.44. The molecule has 2 heterocycles. The highest BCUT2D eigenvalue weighted by molar-refractivity contribution is 6.10. The van der Waals surface area contributed by atoms with Gasteiger partial charge < -0.3 is 9.47 Å². The number of ether oxygens (including phenoxy) is 2. The molecule has 8 nitrogen and oxygen atoms in total. The highest BCUT2D eigenvalue weighted by Gasteiger charge is 2.66. The lowest BCUT2D eigenvalue weighted by Gasteiger charge is -2.35. The SMILES string of the molecule is CCOC(=O)[C@@H]1[C@@H]2C(=O)N(C)C(=O)[C@@H]2[C@@H](C(=O)OCC)N1[C@H](C)c1ccccc1. The fourth-order valence-electron chi connectivity index (χ4n) is 4.45. The Labute approximate surface area is 169 Å². The first-order valence-electron chi connectivity index (χ1n) is 9.82. The topological polar surface area (TPSA) is 93.2 Å². The summed E-state index contributed by atoms with van der Waals surface area (Å²) in [5.41, 5.74) is 0.851. The summed E-state index contributed by atoms with van der Waals surface area (Å²) in [4.78, 5) is 54.2. The van der Waals surface area contributed by atoms with E-state index in [2.05, 4.69) is 0 Å². The van der Waals surface area contributed by atoms with Crippen molar-refractivity contribution in [3.63, 3.8) is 0 Å². The van der Waals surface area contributed by atoms with Gasteiger partial charge in [-0.05, 0) is 26.3 Å². The van der Waals surface area contributed by atoms with E-state index >= 15 is 0 Å². The van der Waals surface area contributed by atoms with Crippen molar-refractivity contribution >= 4 is 23.8 Å². The number of rotatable bonds is 6. The highest BCUT2D eigenvalue weighted by Crippen LogP contribution is 2.46. The average molecular weight is 402 g/mol. The van der Waals surface area contributed by atoms with Crippen LogP contribution in [0.2, 0.25) is 0 Å². The van der Waals surface area contributed by atoms with E-state index in [4.69, 9.17) is 9.47 Å². The lowest BCUT2D eigenvalue weighted by Crippen LogP contribution is -2.51. The molecular formula is C21H26N2O6. The predicted octanol–water partition coefficient (Wildman–Crippen LogP) is 1.16. The van der Waals surface area contributed by atoms with Crippen molar-refractivity contribution in [2.75, 3.05) is 20.3 Å². The Balaban J connectivity index is 2.13. The summed E-state index contributed by atoms with van der Waals surface area (Å²) in [5.74, 6) is -4.15. The van der Waals surface area contributed by atoms with E-state index in [1.807, 2.05) is 37.3 Å². The molecule has 1 aromatic rings. The zero-order chi connectivity index (χ0) is 21.3. The van der Waals surface area contributed by atoms with E-state index < -0.39 is 53.7 Å². The minimum Gasteiger partial charge on any atom is -0.465 e. The van der Waals surface area contributed by atoms with Crippen LogP contribution in [0.25, 0.3) is 0 Å². The van der Waals surface area contributed by atoms with Crippen LogP contribution in [-0.4, -0.2) is 65.9 Å².